The number of imide groups is 1. The molecule has 0 bridgehead atoms. The number of nitrogens with zero attached hydrogens (tertiary/aromatic N) is 5. The van der Waals surface area contributed by atoms with E-state index in [2.05, 4.69) is 32.5 Å². The fourth-order valence-corrected chi connectivity index (χ4v) is 7.48. The lowest BCUT2D eigenvalue weighted by Gasteiger charge is -2.38. The van der Waals surface area contributed by atoms with Crippen LogP contribution in [0, 0.1) is 5.82 Å². The van der Waals surface area contributed by atoms with E-state index in [1.54, 1.807) is 10.3 Å². The van der Waals surface area contributed by atoms with Gasteiger partial charge < -0.3 is 14.9 Å². The molecule has 3 aromatic carbocycles. The van der Waals surface area contributed by atoms with Gasteiger partial charge in [0.15, 0.2) is 5.13 Å². The molecular weight excluding hydrogens is 662 g/mol. The molecule has 0 aliphatic carbocycles. The summed E-state index contributed by atoms with van der Waals surface area (Å²) in [6.45, 7) is 2.83. The molecule has 258 valence electrons. The van der Waals surface area contributed by atoms with E-state index in [4.69, 9.17) is 0 Å². The summed E-state index contributed by atoms with van der Waals surface area (Å²) >= 11 is 1.21. The summed E-state index contributed by atoms with van der Waals surface area (Å²) in [7, 11) is 2.11. The monoisotopic (exact) mass is 697 g/mol. The van der Waals surface area contributed by atoms with Crippen LogP contribution in [0.2, 0.25) is 0 Å². The van der Waals surface area contributed by atoms with Crippen molar-refractivity contribution in [1.82, 2.24) is 20.1 Å². The predicted octanol–water partition coefficient (Wildman–Crippen LogP) is 4.87. The van der Waals surface area contributed by atoms with Crippen molar-refractivity contribution in [2.45, 2.75) is 44.4 Å². The molecule has 3 N–H and O–H groups in total. The number of fused-ring (bicyclic) bond motifs is 1. The number of nitrogens with one attached hydrogen (secondary N) is 2. The minimum absolute atomic E-state index is 0.00494. The largest absolute Gasteiger partial charge is 0.508 e. The molecule has 1 unspecified atom stereocenters. The van der Waals surface area contributed by atoms with Crippen LogP contribution >= 0.6 is 11.3 Å². The van der Waals surface area contributed by atoms with Crippen LogP contribution in [0.15, 0.2) is 72.2 Å². The predicted molar refractivity (Wildman–Crippen MR) is 187 cm³/mol. The molecule has 0 saturated carbocycles. The molecule has 0 spiro atoms. The molecule has 1 atom stereocenters. The number of phenols is 1. The number of piperidine rings is 1. The van der Waals surface area contributed by atoms with Gasteiger partial charge in [0.05, 0.1) is 0 Å². The molecule has 7 rings (SSSR count). The van der Waals surface area contributed by atoms with Gasteiger partial charge in [-0.25, -0.2) is 14.2 Å². The SMILES string of the molecule is CN(Cc1ccc(N2CCC(=O)NC2=O)cc1)C1CCN(c2ccc3c(c2)C(=O)N(C(C(=O)Nc2nccs2)c2cc(F)ccc2O)C3)CC1. The average molecular weight is 698 g/mol. The molecule has 2 saturated heterocycles. The molecule has 0 radical (unpaired) electrons. The van der Waals surface area contributed by atoms with Crippen molar-refractivity contribution in [3.05, 3.63) is 100 Å². The Morgan fingerprint density at radius 1 is 1.06 bits per heavy atom. The zero-order chi connectivity index (χ0) is 34.9. The minimum atomic E-state index is -1.28. The maximum atomic E-state index is 14.4. The van der Waals surface area contributed by atoms with E-state index in [1.807, 2.05) is 42.5 Å². The van der Waals surface area contributed by atoms with Crippen LogP contribution < -0.4 is 20.4 Å². The van der Waals surface area contributed by atoms with Crippen LogP contribution in [0.3, 0.4) is 0 Å². The molecular formula is C36H36FN7O5S. The quantitative estimate of drug-likeness (QED) is 0.225. The number of hydrogen-bond donors (Lipinski definition) is 3. The Labute approximate surface area is 292 Å². The summed E-state index contributed by atoms with van der Waals surface area (Å²) in [5.41, 5.74) is 4.01. The summed E-state index contributed by atoms with van der Waals surface area (Å²) in [5, 5.41) is 17.7. The van der Waals surface area contributed by atoms with Crippen molar-refractivity contribution in [2.24, 2.45) is 0 Å². The molecule has 4 aromatic rings. The summed E-state index contributed by atoms with van der Waals surface area (Å²) in [5.74, 6) is -2.15. The number of halogens is 1. The third kappa shape index (κ3) is 6.76. The first-order chi connectivity index (χ1) is 24.1. The van der Waals surface area contributed by atoms with E-state index in [0.29, 0.717) is 23.3 Å². The molecule has 14 heteroatoms. The van der Waals surface area contributed by atoms with Crippen LogP contribution in [0.25, 0.3) is 0 Å². The van der Waals surface area contributed by atoms with Crippen LogP contribution in [-0.4, -0.2) is 76.4 Å². The number of benzene rings is 3. The summed E-state index contributed by atoms with van der Waals surface area (Å²) in [6.07, 6.45) is 3.67. The standard InChI is InChI=1S/C36H36FN7O5S/c1-41(20-22-2-6-26(7-3-22)43-16-12-31(46)39-36(43)49)25-10-14-42(15-11-25)27-8-4-23-21-44(34(48)28(23)19-27)32(29-18-24(37)5-9-30(29)45)33(47)40-35-38-13-17-50-35/h2-9,13,17-19,25,32,45H,10-12,14-16,20-21H2,1H3,(H,38,40,47)(H,39,46,49). The lowest BCUT2D eigenvalue weighted by Crippen LogP contribution is -2.49. The average Bonchev–Trinajstić information content (AvgIpc) is 3.74. The van der Waals surface area contributed by atoms with Crippen LogP contribution in [0.5, 0.6) is 5.75 Å². The molecule has 5 amide bonds. The van der Waals surface area contributed by atoms with E-state index in [0.717, 1.165) is 67.1 Å². The number of amides is 5. The highest BCUT2D eigenvalue weighted by Crippen LogP contribution is 2.38. The zero-order valence-electron chi connectivity index (χ0n) is 27.3. The second-order valence-corrected chi connectivity index (χ2v) is 13.7. The molecule has 4 heterocycles. The maximum absolute atomic E-state index is 14.4. The third-order valence-electron chi connectivity index (χ3n) is 9.62. The summed E-state index contributed by atoms with van der Waals surface area (Å²) in [6, 6.07) is 15.6. The fourth-order valence-electron chi connectivity index (χ4n) is 6.94. The molecule has 12 nitrogen and oxygen atoms in total. The fraction of sp³-hybridized carbons (Fsp3) is 0.306. The van der Waals surface area contributed by atoms with E-state index < -0.39 is 23.8 Å². The van der Waals surface area contributed by atoms with Gasteiger partial charge in [0.1, 0.15) is 17.6 Å². The Morgan fingerprint density at radius 2 is 1.82 bits per heavy atom. The van der Waals surface area contributed by atoms with Crippen LogP contribution in [0.4, 0.5) is 25.7 Å². The van der Waals surface area contributed by atoms with E-state index in [1.165, 1.54) is 28.5 Å². The van der Waals surface area contributed by atoms with E-state index in [-0.39, 0.29) is 36.1 Å². The Kier molecular flexibility index (Phi) is 9.21. The van der Waals surface area contributed by atoms with Crippen molar-refractivity contribution in [2.75, 3.05) is 41.8 Å². The van der Waals surface area contributed by atoms with Gasteiger partial charge in [-0.05, 0) is 73.5 Å². The number of anilines is 3. The molecule has 3 aliphatic rings. The van der Waals surface area contributed by atoms with Gasteiger partial charge in [0.2, 0.25) is 5.91 Å². The Bertz CT molecular complexity index is 1930. The second kappa shape index (κ2) is 13.9. The third-order valence-corrected chi connectivity index (χ3v) is 10.3. The first-order valence-corrected chi connectivity index (χ1v) is 17.3. The van der Waals surface area contributed by atoms with Crippen molar-refractivity contribution in [3.8, 4) is 5.75 Å². The second-order valence-electron chi connectivity index (χ2n) is 12.8. The Hall–Kier alpha value is -5.34. The topological polar surface area (TPSA) is 138 Å². The zero-order valence-corrected chi connectivity index (χ0v) is 28.2. The van der Waals surface area contributed by atoms with Gasteiger partial charge in [0.25, 0.3) is 11.8 Å². The Balaban J connectivity index is 0.996. The van der Waals surface area contributed by atoms with E-state index >= 15 is 0 Å². The number of carbonyl (C=O) groups excluding carboxylic acids is 4. The van der Waals surface area contributed by atoms with Gasteiger partial charge in [0, 0.05) is 79.3 Å². The number of carbonyl (C=O) groups is 4. The number of aromatic hydroxyl groups is 1. The van der Waals surface area contributed by atoms with Gasteiger partial charge in [-0.2, -0.15) is 0 Å². The number of urea groups is 1. The highest BCUT2D eigenvalue weighted by atomic mass is 32.1. The van der Waals surface area contributed by atoms with Crippen molar-refractivity contribution in [3.63, 3.8) is 0 Å². The minimum Gasteiger partial charge on any atom is -0.508 e. The number of hydrogen-bond acceptors (Lipinski definition) is 9. The van der Waals surface area contributed by atoms with Crippen LogP contribution in [-0.2, 0) is 22.7 Å². The Morgan fingerprint density at radius 3 is 2.54 bits per heavy atom. The van der Waals surface area contributed by atoms with Gasteiger partial charge >= 0.3 is 6.03 Å². The highest BCUT2D eigenvalue weighted by Gasteiger charge is 2.39. The summed E-state index contributed by atoms with van der Waals surface area (Å²) in [4.78, 5) is 62.8. The highest BCUT2D eigenvalue weighted by molar-refractivity contribution is 7.13. The van der Waals surface area contributed by atoms with Gasteiger partial charge in [-0.1, -0.05) is 18.2 Å². The first-order valence-electron chi connectivity index (χ1n) is 16.4. The number of rotatable bonds is 9. The smallest absolute Gasteiger partial charge is 0.328 e. The van der Waals surface area contributed by atoms with E-state index in [9.17, 15) is 28.7 Å². The number of thiazole rings is 1. The van der Waals surface area contributed by atoms with Gasteiger partial charge in [-0.15, -0.1) is 11.3 Å². The van der Waals surface area contributed by atoms with Crippen molar-refractivity contribution in [1.29, 1.82) is 0 Å². The number of aromatic nitrogens is 1. The van der Waals surface area contributed by atoms with Crippen LogP contribution in [0.1, 0.15) is 52.4 Å². The normalized spacial score (nSPS) is 17.3. The lowest BCUT2D eigenvalue weighted by atomic mass is 10.0. The first kappa shape index (κ1) is 33.2. The molecule has 1 aromatic heterocycles. The van der Waals surface area contributed by atoms with Crippen molar-refractivity contribution < 1.29 is 28.7 Å². The van der Waals surface area contributed by atoms with Crippen molar-refractivity contribution >= 4 is 51.6 Å². The maximum Gasteiger partial charge on any atom is 0.328 e. The summed E-state index contributed by atoms with van der Waals surface area (Å²) < 4.78 is 14.4. The molecule has 50 heavy (non-hydrogen) atoms. The molecule has 2 fully saturated rings. The number of phenolic OH excluding ortho intramolecular Hbond substituents is 1. The molecule has 3 aliphatic heterocycles. The lowest BCUT2D eigenvalue weighted by molar-refractivity contribution is -0.121. The van der Waals surface area contributed by atoms with Gasteiger partial charge in [-0.3, -0.25) is 34.8 Å².